The van der Waals surface area contributed by atoms with E-state index in [0.29, 0.717) is 11.3 Å². The van der Waals surface area contributed by atoms with Gasteiger partial charge in [-0.1, -0.05) is 6.07 Å². The van der Waals surface area contributed by atoms with E-state index in [0.717, 1.165) is 0 Å². The van der Waals surface area contributed by atoms with Gasteiger partial charge in [0, 0.05) is 5.56 Å². The van der Waals surface area contributed by atoms with E-state index in [1.54, 1.807) is 12.1 Å². The minimum absolute atomic E-state index is 0.0342. The number of H-pyrrole nitrogens is 2. The van der Waals surface area contributed by atoms with Crippen molar-refractivity contribution in [3.05, 3.63) is 43.9 Å². The Morgan fingerprint density at radius 3 is 2.57 bits per heavy atom. The first-order valence-electron chi connectivity index (χ1n) is 6.49. The quantitative estimate of drug-likeness (QED) is 0.573. The number of ether oxygens (including phenoxy) is 3. The number of aromatic amines is 2. The predicted octanol–water partition coefficient (Wildman–Crippen LogP) is 1.42. The van der Waals surface area contributed by atoms with E-state index in [2.05, 4.69) is 9.97 Å². The van der Waals surface area contributed by atoms with E-state index in [-0.39, 0.29) is 21.6 Å². The Balaban J connectivity index is 2.25. The molecule has 3 N–H and O–H groups in total. The third-order valence-electron chi connectivity index (χ3n) is 3.51. The van der Waals surface area contributed by atoms with Gasteiger partial charge in [-0.25, -0.2) is 4.79 Å². The Labute approximate surface area is 134 Å². The highest BCUT2D eigenvalue weighted by Gasteiger charge is 2.39. The second kappa shape index (κ2) is 5.43. The molecule has 1 aliphatic rings. The van der Waals surface area contributed by atoms with E-state index in [4.69, 9.17) is 26.4 Å². The number of rotatable bonds is 3. The second-order valence-electron chi connectivity index (χ2n) is 4.72. The van der Waals surface area contributed by atoms with Crippen molar-refractivity contribution in [2.75, 3.05) is 14.2 Å². The molecule has 0 saturated carbocycles. The van der Waals surface area contributed by atoms with Crippen LogP contribution < -0.4 is 15.0 Å². The molecule has 2 aromatic rings. The first-order chi connectivity index (χ1) is 11.0. The zero-order valence-electron chi connectivity index (χ0n) is 12.1. The summed E-state index contributed by atoms with van der Waals surface area (Å²) in [6.45, 7) is 0. The van der Waals surface area contributed by atoms with Gasteiger partial charge < -0.3 is 24.3 Å². The summed E-state index contributed by atoms with van der Waals surface area (Å²) in [7, 11) is 2.83. The Kier molecular flexibility index (Phi) is 3.57. The minimum atomic E-state index is -1.08. The van der Waals surface area contributed by atoms with Gasteiger partial charge in [-0.15, -0.1) is 0 Å². The molecule has 9 heteroatoms. The van der Waals surface area contributed by atoms with Gasteiger partial charge in [0.15, 0.2) is 22.4 Å². The van der Waals surface area contributed by atoms with Gasteiger partial charge in [0.2, 0.25) is 5.88 Å². The van der Waals surface area contributed by atoms with Crippen molar-refractivity contribution in [2.45, 2.75) is 6.10 Å². The number of hydrogen-bond acceptors (Lipinski definition) is 7. The standard InChI is InChI=1S/C14H12N2O6S/c1-20-6-4-3-5-7(10(6)21-2)13(19)22-9(5)8-11(17)15-14(23)16-12(8)18/h3-4,9H,1-2H3,(H3,15,16,17,18,23). The lowest BCUT2D eigenvalue weighted by Gasteiger charge is -2.12. The molecule has 1 aromatic heterocycles. The van der Waals surface area contributed by atoms with Gasteiger partial charge in [0.1, 0.15) is 11.1 Å². The zero-order chi connectivity index (χ0) is 16.7. The highest BCUT2D eigenvalue weighted by molar-refractivity contribution is 7.71. The summed E-state index contributed by atoms with van der Waals surface area (Å²) in [4.78, 5) is 29.1. The maximum Gasteiger partial charge on any atom is 0.343 e. The minimum Gasteiger partial charge on any atom is -0.494 e. The molecule has 1 aromatic carbocycles. The lowest BCUT2D eigenvalue weighted by Crippen LogP contribution is -2.18. The third kappa shape index (κ3) is 2.25. The zero-order valence-corrected chi connectivity index (χ0v) is 12.9. The number of cyclic esters (lactones) is 1. The molecule has 1 unspecified atom stereocenters. The van der Waals surface area contributed by atoms with Gasteiger partial charge >= 0.3 is 5.97 Å². The van der Waals surface area contributed by atoms with E-state index in [1.165, 1.54) is 14.2 Å². The van der Waals surface area contributed by atoms with Crippen molar-refractivity contribution < 1.29 is 24.1 Å². The maximum absolute atomic E-state index is 12.2. The molecule has 2 heterocycles. The molecule has 0 fully saturated rings. The van der Waals surface area contributed by atoms with Crippen molar-refractivity contribution in [3.8, 4) is 17.4 Å². The smallest absolute Gasteiger partial charge is 0.343 e. The molecule has 0 saturated heterocycles. The fourth-order valence-electron chi connectivity index (χ4n) is 2.54. The molecule has 0 spiro atoms. The van der Waals surface area contributed by atoms with Gasteiger partial charge in [0.25, 0.3) is 5.56 Å². The van der Waals surface area contributed by atoms with Gasteiger partial charge in [-0.3, -0.25) is 9.78 Å². The van der Waals surface area contributed by atoms with Crippen LogP contribution in [0.4, 0.5) is 0 Å². The summed E-state index contributed by atoms with van der Waals surface area (Å²) in [5.41, 5.74) is -0.248. The van der Waals surface area contributed by atoms with Gasteiger partial charge in [0.05, 0.1) is 14.2 Å². The number of aromatic hydroxyl groups is 1. The first kappa shape index (κ1) is 15.1. The highest BCUT2D eigenvalue weighted by atomic mass is 32.1. The number of hydrogen-bond donors (Lipinski definition) is 3. The Morgan fingerprint density at radius 1 is 1.22 bits per heavy atom. The summed E-state index contributed by atoms with van der Waals surface area (Å²) in [5.74, 6) is -0.576. The van der Waals surface area contributed by atoms with Crippen molar-refractivity contribution in [1.29, 1.82) is 0 Å². The molecule has 3 rings (SSSR count). The van der Waals surface area contributed by atoms with Crippen molar-refractivity contribution in [1.82, 2.24) is 9.97 Å². The molecule has 1 aliphatic heterocycles. The van der Waals surface area contributed by atoms with Crippen molar-refractivity contribution in [3.63, 3.8) is 0 Å². The number of methoxy groups -OCH3 is 2. The van der Waals surface area contributed by atoms with Gasteiger partial charge in [-0.2, -0.15) is 0 Å². The number of nitrogens with one attached hydrogen (secondary N) is 2. The first-order valence-corrected chi connectivity index (χ1v) is 6.90. The summed E-state index contributed by atoms with van der Waals surface area (Å²) in [6.07, 6.45) is -1.08. The fourth-order valence-corrected chi connectivity index (χ4v) is 2.73. The monoisotopic (exact) mass is 336 g/mol. The average molecular weight is 336 g/mol. The predicted molar refractivity (Wildman–Crippen MR) is 80.7 cm³/mol. The molecular weight excluding hydrogens is 324 g/mol. The Morgan fingerprint density at radius 2 is 1.96 bits per heavy atom. The number of aromatic nitrogens is 2. The van der Waals surface area contributed by atoms with Crippen LogP contribution in [-0.4, -0.2) is 35.3 Å². The van der Waals surface area contributed by atoms with Crippen LogP contribution in [0.5, 0.6) is 17.4 Å². The fraction of sp³-hybridized carbons (Fsp3) is 0.214. The van der Waals surface area contributed by atoms with Crippen LogP contribution in [0.25, 0.3) is 0 Å². The Bertz CT molecular complexity index is 916. The van der Waals surface area contributed by atoms with Crippen LogP contribution in [-0.2, 0) is 4.74 Å². The van der Waals surface area contributed by atoms with E-state index < -0.39 is 23.5 Å². The number of benzene rings is 1. The number of esters is 1. The molecular formula is C14H12N2O6S. The lowest BCUT2D eigenvalue weighted by molar-refractivity contribution is 0.0447. The number of fused-ring (bicyclic) bond motifs is 1. The summed E-state index contributed by atoms with van der Waals surface area (Å²) in [5, 5.41) is 9.98. The number of carbonyl (C=O) groups is 1. The van der Waals surface area contributed by atoms with Crippen LogP contribution >= 0.6 is 12.2 Å². The summed E-state index contributed by atoms with van der Waals surface area (Å²) in [6, 6.07) is 3.16. The number of carbonyl (C=O) groups excluding carboxylic acids is 1. The molecule has 120 valence electrons. The molecule has 8 nitrogen and oxygen atoms in total. The summed E-state index contributed by atoms with van der Waals surface area (Å²) >= 11 is 4.78. The third-order valence-corrected chi connectivity index (χ3v) is 3.71. The molecule has 0 radical (unpaired) electrons. The second-order valence-corrected chi connectivity index (χ2v) is 5.13. The van der Waals surface area contributed by atoms with Crippen LogP contribution in [0.1, 0.15) is 27.6 Å². The van der Waals surface area contributed by atoms with Crippen LogP contribution in [0.2, 0.25) is 0 Å². The summed E-state index contributed by atoms with van der Waals surface area (Å²) < 4.78 is 15.6. The highest BCUT2D eigenvalue weighted by Crippen LogP contribution is 2.44. The van der Waals surface area contributed by atoms with Crippen molar-refractivity contribution in [2.24, 2.45) is 0 Å². The van der Waals surface area contributed by atoms with Crippen LogP contribution in [0, 0.1) is 4.77 Å². The van der Waals surface area contributed by atoms with E-state index in [9.17, 15) is 14.7 Å². The molecule has 0 amide bonds. The normalized spacial score (nSPS) is 15.9. The van der Waals surface area contributed by atoms with Crippen molar-refractivity contribution >= 4 is 18.2 Å². The van der Waals surface area contributed by atoms with Crippen LogP contribution in [0.15, 0.2) is 16.9 Å². The Hall–Kier alpha value is -2.81. The van der Waals surface area contributed by atoms with Crippen LogP contribution in [0.3, 0.4) is 0 Å². The average Bonchev–Trinajstić information content (AvgIpc) is 2.82. The van der Waals surface area contributed by atoms with E-state index in [1.807, 2.05) is 0 Å². The molecule has 23 heavy (non-hydrogen) atoms. The van der Waals surface area contributed by atoms with E-state index >= 15 is 0 Å². The largest absolute Gasteiger partial charge is 0.494 e. The lowest BCUT2D eigenvalue weighted by atomic mass is 9.99. The topological polar surface area (TPSA) is 114 Å². The molecule has 0 aliphatic carbocycles. The molecule has 1 atom stereocenters. The van der Waals surface area contributed by atoms with Gasteiger partial charge in [-0.05, 0) is 18.3 Å². The SMILES string of the molecule is COc1ccc2c(c1OC)C(=O)OC2c1c(O)[nH]c(=S)[nH]c1=O. The molecule has 0 bridgehead atoms. The maximum atomic E-state index is 12.2.